The highest BCUT2D eigenvalue weighted by molar-refractivity contribution is 5.89. The van der Waals surface area contributed by atoms with E-state index in [9.17, 15) is 19.2 Å². The summed E-state index contributed by atoms with van der Waals surface area (Å²) in [5, 5.41) is 0. The largest absolute Gasteiger partial charge is 0.450 e. The topological polar surface area (TPSA) is 114 Å². The van der Waals surface area contributed by atoms with Crippen LogP contribution in [0.5, 0.6) is 17.2 Å². The number of carbonyl (C=O) groups is 4. The fourth-order valence-corrected chi connectivity index (χ4v) is 2.46. The molecule has 0 aliphatic carbocycles. The molecule has 0 saturated heterocycles. The molecular weight excluding hydrogens is 444 g/mol. The zero-order valence-corrected chi connectivity index (χ0v) is 19.0. The fraction of sp³-hybridized carbons (Fsp3) is 0.200. The van der Waals surface area contributed by atoms with E-state index in [0.717, 1.165) is 0 Å². The van der Waals surface area contributed by atoms with Gasteiger partial charge >= 0.3 is 23.9 Å². The van der Waals surface area contributed by atoms with Crippen LogP contribution < -0.4 is 14.2 Å². The first kappa shape index (κ1) is 26.0. The van der Waals surface area contributed by atoms with Crippen molar-refractivity contribution in [1.82, 2.24) is 0 Å². The third kappa shape index (κ3) is 7.72. The summed E-state index contributed by atoms with van der Waals surface area (Å²) in [6.45, 7) is 9.03. The number of esters is 4. The highest BCUT2D eigenvalue weighted by Crippen LogP contribution is 2.34. The van der Waals surface area contributed by atoms with Crippen molar-refractivity contribution in [1.29, 1.82) is 0 Å². The number of carbonyl (C=O) groups excluding carboxylic acids is 4. The van der Waals surface area contributed by atoms with Crippen molar-refractivity contribution in [3.63, 3.8) is 0 Å². The molecule has 2 aromatic rings. The van der Waals surface area contributed by atoms with Crippen LogP contribution >= 0.6 is 0 Å². The summed E-state index contributed by atoms with van der Waals surface area (Å²) in [6, 6.07) is 10.9. The molecule has 34 heavy (non-hydrogen) atoms. The van der Waals surface area contributed by atoms with Crippen molar-refractivity contribution in [3.8, 4) is 28.4 Å². The molecule has 0 aliphatic rings. The summed E-state index contributed by atoms with van der Waals surface area (Å²) in [6.07, 6.45) is 0. The maximum Gasteiger partial charge on any atom is 0.349 e. The third-order valence-corrected chi connectivity index (χ3v) is 4.06. The minimum absolute atomic E-state index is 0.0624. The van der Waals surface area contributed by atoms with Gasteiger partial charge in [-0.2, -0.15) is 0 Å². The molecule has 0 spiro atoms. The predicted octanol–water partition coefficient (Wildman–Crippen LogP) is 3.41. The lowest BCUT2D eigenvalue weighted by Gasteiger charge is -2.13. The minimum Gasteiger partial charge on any atom is -0.450 e. The first-order valence-corrected chi connectivity index (χ1v) is 9.95. The van der Waals surface area contributed by atoms with Gasteiger partial charge in [-0.05, 0) is 43.7 Å². The van der Waals surface area contributed by atoms with E-state index in [2.05, 4.69) is 13.2 Å². The molecule has 0 aromatic heterocycles. The minimum atomic E-state index is -0.833. The fourth-order valence-electron chi connectivity index (χ4n) is 2.46. The van der Waals surface area contributed by atoms with E-state index in [-0.39, 0.29) is 29.3 Å². The van der Waals surface area contributed by atoms with E-state index >= 15 is 0 Å². The Bertz CT molecular complexity index is 1110. The Morgan fingerprint density at radius 2 is 1.32 bits per heavy atom. The van der Waals surface area contributed by atoms with E-state index in [1.54, 1.807) is 30.3 Å². The number of rotatable bonds is 10. The molecule has 0 atom stereocenters. The summed E-state index contributed by atoms with van der Waals surface area (Å²) in [5.41, 5.74) is 1.53. The van der Waals surface area contributed by atoms with E-state index in [0.29, 0.717) is 16.9 Å². The van der Waals surface area contributed by atoms with Gasteiger partial charge in [-0.15, -0.1) is 0 Å². The van der Waals surface area contributed by atoms with Crippen molar-refractivity contribution in [2.45, 2.75) is 13.8 Å². The van der Waals surface area contributed by atoms with E-state index in [1.165, 1.54) is 33.1 Å². The molecule has 0 amide bonds. The molecule has 0 fully saturated rings. The van der Waals surface area contributed by atoms with E-state index < -0.39 is 30.5 Å². The number of methoxy groups -OCH3 is 1. The molecule has 0 saturated carbocycles. The van der Waals surface area contributed by atoms with Crippen LogP contribution in [0.15, 0.2) is 66.8 Å². The van der Waals surface area contributed by atoms with Gasteiger partial charge in [0.25, 0.3) is 0 Å². The van der Waals surface area contributed by atoms with Crippen LogP contribution in [-0.2, 0) is 28.7 Å². The molecule has 0 bridgehead atoms. The van der Waals surface area contributed by atoms with Gasteiger partial charge in [-0.3, -0.25) is 0 Å². The van der Waals surface area contributed by atoms with Gasteiger partial charge in [0.15, 0.2) is 6.61 Å². The molecule has 0 unspecified atom stereocenters. The number of ether oxygens (including phenoxy) is 5. The lowest BCUT2D eigenvalue weighted by molar-refractivity contribution is -0.150. The van der Waals surface area contributed by atoms with Crippen LogP contribution in [-0.4, -0.2) is 44.2 Å². The van der Waals surface area contributed by atoms with Crippen LogP contribution in [0.1, 0.15) is 13.8 Å². The molecule has 0 N–H and O–H groups in total. The summed E-state index contributed by atoms with van der Waals surface area (Å²) in [4.78, 5) is 47.1. The quantitative estimate of drug-likeness (QED) is 0.294. The lowest BCUT2D eigenvalue weighted by atomic mass is 10.0. The second kappa shape index (κ2) is 12.1. The zero-order valence-electron chi connectivity index (χ0n) is 19.0. The maximum absolute atomic E-state index is 12.0. The van der Waals surface area contributed by atoms with E-state index in [1.807, 2.05) is 0 Å². The van der Waals surface area contributed by atoms with Crippen LogP contribution in [0.2, 0.25) is 0 Å². The van der Waals surface area contributed by atoms with Gasteiger partial charge in [0.05, 0.1) is 0 Å². The Morgan fingerprint density at radius 3 is 1.91 bits per heavy atom. The van der Waals surface area contributed by atoms with Gasteiger partial charge < -0.3 is 23.7 Å². The van der Waals surface area contributed by atoms with Crippen molar-refractivity contribution < 1.29 is 42.9 Å². The zero-order chi connectivity index (χ0) is 25.3. The molecule has 9 nitrogen and oxygen atoms in total. The molecule has 0 heterocycles. The summed E-state index contributed by atoms with van der Waals surface area (Å²) in [7, 11) is 1.34. The number of benzene rings is 2. The van der Waals surface area contributed by atoms with Gasteiger partial charge in [-0.1, -0.05) is 25.3 Å². The standard InChI is InChI=1S/C25H24O9/c1-15(2)24(28)31-14-23(27)32-19-10-11-20(21(12-19)34-22(26)13-30-5)17-6-8-18(9-7-17)33-25(29)16(3)4/h6-12H,1,3,13-14H2,2,4-5H3. The maximum atomic E-state index is 12.0. The van der Waals surface area contributed by atoms with Crippen LogP contribution in [0.4, 0.5) is 0 Å². The monoisotopic (exact) mass is 468 g/mol. The highest BCUT2D eigenvalue weighted by Gasteiger charge is 2.16. The van der Waals surface area contributed by atoms with Gasteiger partial charge in [0.2, 0.25) is 0 Å². The second-order valence-electron chi connectivity index (χ2n) is 7.09. The summed E-state index contributed by atoms with van der Waals surface area (Å²) in [5.74, 6) is -2.31. The number of hydrogen-bond acceptors (Lipinski definition) is 9. The molecule has 0 aliphatic heterocycles. The Kier molecular flexibility index (Phi) is 9.27. The molecule has 0 radical (unpaired) electrons. The van der Waals surface area contributed by atoms with Crippen molar-refractivity contribution in [3.05, 3.63) is 66.8 Å². The van der Waals surface area contributed by atoms with Gasteiger partial charge in [0, 0.05) is 29.9 Å². The van der Waals surface area contributed by atoms with Crippen LogP contribution in [0.25, 0.3) is 11.1 Å². The van der Waals surface area contributed by atoms with Crippen molar-refractivity contribution in [2.75, 3.05) is 20.3 Å². The lowest BCUT2D eigenvalue weighted by Crippen LogP contribution is -2.19. The Balaban J connectivity index is 2.25. The third-order valence-electron chi connectivity index (χ3n) is 4.06. The second-order valence-corrected chi connectivity index (χ2v) is 7.09. The average Bonchev–Trinajstić information content (AvgIpc) is 2.78. The average molecular weight is 468 g/mol. The normalized spacial score (nSPS) is 10.1. The summed E-state index contributed by atoms with van der Waals surface area (Å²) >= 11 is 0. The van der Waals surface area contributed by atoms with Gasteiger partial charge in [0.1, 0.15) is 23.9 Å². The molecule has 2 aromatic carbocycles. The molecule has 178 valence electrons. The SMILES string of the molecule is C=C(C)C(=O)OCC(=O)Oc1ccc(-c2ccc(OC(=O)C(=C)C)cc2)c(OC(=O)COC)c1. The number of hydrogen-bond donors (Lipinski definition) is 0. The molecule has 2 rings (SSSR count). The Labute approximate surface area is 196 Å². The molecular formula is C25H24O9. The van der Waals surface area contributed by atoms with Crippen molar-refractivity contribution >= 4 is 23.9 Å². The Hall–Kier alpha value is -4.24. The summed E-state index contributed by atoms with van der Waals surface area (Å²) < 4.78 is 25.3. The van der Waals surface area contributed by atoms with Gasteiger partial charge in [-0.25, -0.2) is 19.2 Å². The first-order chi connectivity index (χ1) is 16.1. The van der Waals surface area contributed by atoms with Crippen molar-refractivity contribution in [2.24, 2.45) is 0 Å². The molecule has 9 heteroatoms. The Morgan fingerprint density at radius 1 is 0.735 bits per heavy atom. The van der Waals surface area contributed by atoms with Crippen LogP contribution in [0.3, 0.4) is 0 Å². The first-order valence-electron chi connectivity index (χ1n) is 9.95. The predicted molar refractivity (Wildman–Crippen MR) is 121 cm³/mol. The highest BCUT2D eigenvalue weighted by atomic mass is 16.6. The van der Waals surface area contributed by atoms with E-state index in [4.69, 9.17) is 23.7 Å². The smallest absolute Gasteiger partial charge is 0.349 e. The van der Waals surface area contributed by atoms with Crippen LogP contribution in [0, 0.1) is 0 Å².